The zero-order valence-corrected chi connectivity index (χ0v) is 18.9. The first-order valence-corrected chi connectivity index (χ1v) is 12.2. The molecule has 5 rings (SSSR count). The molecule has 3 aromatic rings. The molecule has 0 radical (unpaired) electrons. The molecule has 2 atom stereocenters. The number of likely N-dealkylation sites (tertiary alicyclic amines) is 2. The Labute approximate surface area is 193 Å². The van der Waals surface area contributed by atoms with Crippen molar-refractivity contribution < 1.29 is 0 Å². The van der Waals surface area contributed by atoms with Gasteiger partial charge < -0.3 is 10.2 Å². The van der Waals surface area contributed by atoms with E-state index in [0.29, 0.717) is 12.0 Å². The molecule has 3 nitrogen and oxygen atoms in total. The zero-order chi connectivity index (χ0) is 21.6. The Morgan fingerprint density at radius 2 is 1.31 bits per heavy atom. The molecule has 2 aliphatic heterocycles. The molecule has 0 aromatic heterocycles. The Kier molecular flexibility index (Phi) is 6.86. The summed E-state index contributed by atoms with van der Waals surface area (Å²) in [5.41, 5.74) is 4.17. The number of benzene rings is 3. The lowest BCUT2D eigenvalue weighted by Gasteiger charge is -2.35. The van der Waals surface area contributed by atoms with Crippen molar-refractivity contribution in [2.45, 2.75) is 31.3 Å². The second kappa shape index (κ2) is 10.3. The van der Waals surface area contributed by atoms with Crippen LogP contribution in [0.15, 0.2) is 91.0 Å². The zero-order valence-electron chi connectivity index (χ0n) is 18.9. The summed E-state index contributed by atoms with van der Waals surface area (Å²) in [4.78, 5) is 5.35. The van der Waals surface area contributed by atoms with Gasteiger partial charge in [-0.2, -0.15) is 0 Å². The lowest BCUT2D eigenvalue weighted by Crippen LogP contribution is -2.41. The Hall–Kier alpha value is -2.62. The van der Waals surface area contributed by atoms with E-state index in [4.69, 9.17) is 0 Å². The summed E-state index contributed by atoms with van der Waals surface area (Å²) in [6, 6.07) is 33.2. The Morgan fingerprint density at radius 1 is 0.688 bits per heavy atom. The minimum atomic E-state index is 0.493. The van der Waals surface area contributed by atoms with Gasteiger partial charge in [-0.1, -0.05) is 78.9 Å². The minimum Gasteiger partial charge on any atom is -0.381 e. The second-order valence-electron chi connectivity index (χ2n) is 9.54. The van der Waals surface area contributed by atoms with Crippen molar-refractivity contribution in [1.82, 2.24) is 9.80 Å². The van der Waals surface area contributed by atoms with E-state index in [1.807, 2.05) is 0 Å². The third-order valence-corrected chi connectivity index (χ3v) is 7.24. The summed E-state index contributed by atoms with van der Waals surface area (Å²) in [5, 5.41) is 3.86. The SMILES string of the molecule is c1ccc(CN2CC(CN3CCC(c4ccccc4)CC3)C(Nc3ccccc3)C2)cc1. The number of anilines is 1. The molecule has 2 saturated heterocycles. The van der Waals surface area contributed by atoms with E-state index in [2.05, 4.69) is 106 Å². The average Bonchev–Trinajstić information content (AvgIpc) is 3.21. The average molecular weight is 426 g/mol. The highest BCUT2D eigenvalue weighted by atomic mass is 15.2. The van der Waals surface area contributed by atoms with Crippen LogP contribution in [0.4, 0.5) is 5.69 Å². The Bertz CT molecular complexity index is 936. The summed E-state index contributed by atoms with van der Waals surface area (Å²) in [6.45, 7) is 6.93. The molecule has 0 bridgehead atoms. The first-order chi connectivity index (χ1) is 15.8. The fraction of sp³-hybridized carbons (Fsp3) is 0.379. The lowest BCUT2D eigenvalue weighted by atomic mass is 9.89. The number of nitrogens with one attached hydrogen (secondary N) is 1. The number of hydrogen-bond donors (Lipinski definition) is 1. The molecule has 0 spiro atoms. The topological polar surface area (TPSA) is 18.5 Å². The molecule has 2 unspecified atom stereocenters. The van der Waals surface area contributed by atoms with Crippen LogP contribution in [0.5, 0.6) is 0 Å². The Morgan fingerprint density at radius 3 is 2.00 bits per heavy atom. The fourth-order valence-corrected chi connectivity index (χ4v) is 5.53. The van der Waals surface area contributed by atoms with Crippen molar-refractivity contribution >= 4 is 5.69 Å². The number of nitrogens with zero attached hydrogens (tertiary/aromatic N) is 2. The van der Waals surface area contributed by atoms with Crippen LogP contribution >= 0.6 is 0 Å². The smallest absolute Gasteiger partial charge is 0.0441 e. The van der Waals surface area contributed by atoms with E-state index in [1.165, 1.54) is 49.3 Å². The molecule has 32 heavy (non-hydrogen) atoms. The lowest BCUT2D eigenvalue weighted by molar-refractivity contribution is 0.178. The van der Waals surface area contributed by atoms with Crippen LogP contribution in [0, 0.1) is 5.92 Å². The maximum atomic E-state index is 3.86. The van der Waals surface area contributed by atoms with Gasteiger partial charge in [-0.3, -0.25) is 4.90 Å². The third kappa shape index (κ3) is 5.40. The number of rotatable bonds is 7. The number of piperidine rings is 1. The van der Waals surface area contributed by atoms with Crippen LogP contribution in [0.3, 0.4) is 0 Å². The standard InChI is InChI=1S/C29H35N3/c1-4-10-24(11-5-1)20-32-22-27(29(23-32)30-28-14-8-3-9-15-28)21-31-18-16-26(17-19-31)25-12-6-2-7-13-25/h1-15,26-27,29-30H,16-23H2. The van der Waals surface area contributed by atoms with Crippen LogP contribution in [-0.4, -0.2) is 48.6 Å². The van der Waals surface area contributed by atoms with E-state index >= 15 is 0 Å². The number of hydrogen-bond acceptors (Lipinski definition) is 3. The Balaban J connectivity index is 1.21. The molecular weight excluding hydrogens is 390 g/mol. The van der Waals surface area contributed by atoms with Crippen molar-refractivity contribution in [3.05, 3.63) is 102 Å². The van der Waals surface area contributed by atoms with Crippen LogP contribution in [0.2, 0.25) is 0 Å². The summed E-state index contributed by atoms with van der Waals surface area (Å²) in [7, 11) is 0. The van der Waals surface area contributed by atoms with Crippen LogP contribution in [-0.2, 0) is 6.54 Å². The summed E-state index contributed by atoms with van der Waals surface area (Å²) >= 11 is 0. The van der Waals surface area contributed by atoms with Crippen LogP contribution in [0.25, 0.3) is 0 Å². The van der Waals surface area contributed by atoms with Gasteiger partial charge in [0.15, 0.2) is 0 Å². The van der Waals surface area contributed by atoms with Gasteiger partial charge >= 0.3 is 0 Å². The van der Waals surface area contributed by atoms with Gasteiger partial charge in [0.1, 0.15) is 0 Å². The summed E-state index contributed by atoms with van der Waals surface area (Å²) in [5.74, 6) is 1.37. The molecule has 2 fully saturated rings. The van der Waals surface area contributed by atoms with E-state index in [0.717, 1.165) is 25.6 Å². The predicted octanol–water partition coefficient (Wildman–Crippen LogP) is 5.48. The molecule has 0 aliphatic carbocycles. The van der Waals surface area contributed by atoms with Crippen molar-refractivity contribution in [1.29, 1.82) is 0 Å². The third-order valence-electron chi connectivity index (χ3n) is 7.24. The van der Waals surface area contributed by atoms with Crippen LogP contribution < -0.4 is 5.32 Å². The predicted molar refractivity (Wildman–Crippen MR) is 134 cm³/mol. The van der Waals surface area contributed by atoms with Gasteiger partial charge in [-0.05, 0) is 55.1 Å². The maximum absolute atomic E-state index is 3.86. The van der Waals surface area contributed by atoms with E-state index < -0.39 is 0 Å². The molecule has 2 aliphatic rings. The highest BCUT2D eigenvalue weighted by Gasteiger charge is 2.34. The first kappa shape index (κ1) is 21.2. The van der Waals surface area contributed by atoms with Gasteiger partial charge in [0.05, 0.1) is 0 Å². The normalized spacial score (nSPS) is 22.8. The highest BCUT2D eigenvalue weighted by Crippen LogP contribution is 2.30. The fourth-order valence-electron chi connectivity index (χ4n) is 5.53. The molecule has 1 N–H and O–H groups in total. The highest BCUT2D eigenvalue weighted by molar-refractivity contribution is 5.44. The van der Waals surface area contributed by atoms with Gasteiger partial charge in [0.25, 0.3) is 0 Å². The van der Waals surface area contributed by atoms with Gasteiger partial charge in [0, 0.05) is 43.8 Å². The van der Waals surface area contributed by atoms with E-state index in [-0.39, 0.29) is 0 Å². The monoisotopic (exact) mass is 425 g/mol. The van der Waals surface area contributed by atoms with Crippen molar-refractivity contribution in [2.75, 3.05) is 38.0 Å². The second-order valence-corrected chi connectivity index (χ2v) is 9.54. The molecule has 0 saturated carbocycles. The van der Waals surface area contributed by atoms with E-state index in [1.54, 1.807) is 0 Å². The maximum Gasteiger partial charge on any atom is 0.0441 e. The quantitative estimate of drug-likeness (QED) is 0.541. The van der Waals surface area contributed by atoms with Crippen molar-refractivity contribution in [2.24, 2.45) is 5.92 Å². The minimum absolute atomic E-state index is 0.493. The molecule has 2 heterocycles. The number of para-hydroxylation sites is 1. The molecule has 166 valence electrons. The summed E-state index contributed by atoms with van der Waals surface area (Å²) < 4.78 is 0. The van der Waals surface area contributed by atoms with E-state index in [9.17, 15) is 0 Å². The molecular formula is C29H35N3. The van der Waals surface area contributed by atoms with Crippen molar-refractivity contribution in [3.63, 3.8) is 0 Å². The van der Waals surface area contributed by atoms with Crippen molar-refractivity contribution in [3.8, 4) is 0 Å². The molecule has 3 aromatic carbocycles. The van der Waals surface area contributed by atoms with Gasteiger partial charge in [0.2, 0.25) is 0 Å². The first-order valence-electron chi connectivity index (χ1n) is 12.2. The largest absolute Gasteiger partial charge is 0.381 e. The molecule has 0 amide bonds. The van der Waals surface area contributed by atoms with Crippen LogP contribution in [0.1, 0.15) is 29.9 Å². The van der Waals surface area contributed by atoms with Gasteiger partial charge in [-0.15, -0.1) is 0 Å². The summed E-state index contributed by atoms with van der Waals surface area (Å²) in [6.07, 6.45) is 2.56. The van der Waals surface area contributed by atoms with Gasteiger partial charge in [-0.25, -0.2) is 0 Å². The molecule has 3 heteroatoms.